The maximum Gasteiger partial charge on any atom is 0.336 e. The third-order valence-corrected chi connectivity index (χ3v) is 7.52. The Morgan fingerprint density at radius 3 is 2.62 bits per heavy atom. The Hall–Kier alpha value is -3.59. The molecular formula is C25H23NO7S. The molecule has 2 aromatic rings. The lowest BCUT2D eigenvalue weighted by molar-refractivity contribution is -0.149. The lowest BCUT2D eigenvalue weighted by atomic mass is 9.68. The zero-order chi connectivity index (χ0) is 24.0. The van der Waals surface area contributed by atoms with Crippen molar-refractivity contribution in [1.29, 1.82) is 0 Å². The Labute approximate surface area is 200 Å². The zero-order valence-corrected chi connectivity index (χ0v) is 19.7. The second kappa shape index (κ2) is 8.64. The van der Waals surface area contributed by atoms with Crippen LogP contribution in [0.4, 0.5) is 0 Å². The molecule has 176 valence electrons. The average molecular weight is 482 g/mol. The number of benzene rings is 1. The van der Waals surface area contributed by atoms with Crippen LogP contribution >= 0.6 is 11.3 Å². The first-order chi connectivity index (χ1) is 16.4. The van der Waals surface area contributed by atoms with Crippen molar-refractivity contribution in [2.75, 3.05) is 21.0 Å². The van der Waals surface area contributed by atoms with Crippen LogP contribution in [0.5, 0.6) is 11.5 Å². The summed E-state index contributed by atoms with van der Waals surface area (Å²) in [6.45, 7) is 1.89. The lowest BCUT2D eigenvalue weighted by Crippen LogP contribution is -2.43. The first kappa shape index (κ1) is 22.2. The van der Waals surface area contributed by atoms with Gasteiger partial charge in [0.05, 0.1) is 19.8 Å². The van der Waals surface area contributed by atoms with Crippen LogP contribution in [0.3, 0.4) is 0 Å². The van der Waals surface area contributed by atoms with E-state index in [4.69, 9.17) is 18.9 Å². The predicted molar refractivity (Wildman–Crippen MR) is 122 cm³/mol. The highest BCUT2D eigenvalue weighted by Crippen LogP contribution is 2.49. The molecule has 2 aliphatic heterocycles. The lowest BCUT2D eigenvalue weighted by Gasteiger charge is -2.39. The molecule has 5 rings (SSSR count). The minimum Gasteiger partial charge on any atom is -0.468 e. The molecule has 3 aliphatic rings. The standard InChI is InChI=1S/C25H23NO7S/c1-12-19(24(28)30-2)20(13-6-7-16-17(9-13)33-11-32-16)22-15(26-12)10-14(18-5-4-8-34-18)21(23(22)27)25(29)31-3/h4-9,14,20-21,26H,10-11H2,1-3H3/t14-,20-,21+/m1/s1. The number of allylic oxidation sites excluding steroid dienone is 3. The van der Waals surface area contributed by atoms with Gasteiger partial charge in [-0.25, -0.2) is 4.79 Å². The number of esters is 2. The number of methoxy groups -OCH3 is 2. The van der Waals surface area contributed by atoms with E-state index in [1.807, 2.05) is 17.5 Å². The topological polar surface area (TPSA) is 100 Å². The molecule has 0 amide bonds. The fourth-order valence-corrected chi connectivity index (χ4v) is 5.87. The number of fused-ring (bicyclic) bond motifs is 1. The number of rotatable bonds is 4. The summed E-state index contributed by atoms with van der Waals surface area (Å²) in [4.78, 5) is 40.7. The van der Waals surface area contributed by atoms with E-state index < -0.39 is 23.8 Å². The number of ether oxygens (including phenoxy) is 4. The van der Waals surface area contributed by atoms with E-state index in [0.717, 1.165) is 4.88 Å². The number of ketones is 1. The number of carbonyl (C=O) groups is 3. The highest BCUT2D eigenvalue weighted by molar-refractivity contribution is 7.10. The van der Waals surface area contributed by atoms with Crippen molar-refractivity contribution in [3.8, 4) is 11.5 Å². The Morgan fingerprint density at radius 2 is 1.91 bits per heavy atom. The highest BCUT2D eigenvalue weighted by atomic mass is 32.1. The Balaban J connectivity index is 1.68. The summed E-state index contributed by atoms with van der Waals surface area (Å²) in [6, 6.07) is 9.14. The number of nitrogens with one attached hydrogen (secondary N) is 1. The number of thiophene rings is 1. The van der Waals surface area contributed by atoms with Gasteiger partial charge in [0.15, 0.2) is 17.3 Å². The van der Waals surface area contributed by atoms with E-state index in [1.165, 1.54) is 25.6 Å². The van der Waals surface area contributed by atoms with Gasteiger partial charge in [-0.1, -0.05) is 12.1 Å². The van der Waals surface area contributed by atoms with Crippen molar-refractivity contribution >= 4 is 29.1 Å². The van der Waals surface area contributed by atoms with Crippen LogP contribution in [0.25, 0.3) is 0 Å². The number of hydrogen-bond acceptors (Lipinski definition) is 9. The summed E-state index contributed by atoms with van der Waals surface area (Å²) >= 11 is 1.50. The number of dihydropyridines is 1. The molecule has 0 radical (unpaired) electrons. The van der Waals surface area contributed by atoms with Crippen molar-refractivity contribution < 1.29 is 33.3 Å². The van der Waals surface area contributed by atoms with E-state index in [-0.39, 0.29) is 18.5 Å². The van der Waals surface area contributed by atoms with Gasteiger partial charge in [0, 0.05) is 33.7 Å². The van der Waals surface area contributed by atoms with Crippen LogP contribution in [-0.2, 0) is 23.9 Å². The third kappa shape index (κ3) is 3.47. The number of carbonyl (C=O) groups excluding carboxylic acids is 3. The van der Waals surface area contributed by atoms with Crippen molar-refractivity contribution in [3.63, 3.8) is 0 Å². The van der Waals surface area contributed by atoms with E-state index in [9.17, 15) is 14.4 Å². The van der Waals surface area contributed by atoms with Crippen LogP contribution in [-0.4, -0.2) is 38.7 Å². The van der Waals surface area contributed by atoms with Gasteiger partial charge in [0.1, 0.15) is 5.92 Å². The molecule has 1 aromatic heterocycles. The second-order valence-corrected chi connectivity index (χ2v) is 9.26. The molecular weight excluding hydrogens is 458 g/mol. The van der Waals surface area contributed by atoms with E-state index >= 15 is 0 Å². The maximum atomic E-state index is 14.0. The highest BCUT2D eigenvalue weighted by Gasteiger charge is 2.49. The van der Waals surface area contributed by atoms with Gasteiger partial charge >= 0.3 is 11.9 Å². The molecule has 0 fully saturated rings. The molecule has 0 unspecified atom stereocenters. The van der Waals surface area contributed by atoms with Crippen molar-refractivity contribution in [1.82, 2.24) is 5.32 Å². The quantitative estimate of drug-likeness (QED) is 0.524. The van der Waals surface area contributed by atoms with Gasteiger partial charge in [-0.05, 0) is 42.5 Å². The van der Waals surface area contributed by atoms with Gasteiger partial charge in [-0.15, -0.1) is 11.3 Å². The van der Waals surface area contributed by atoms with Gasteiger partial charge in [0.25, 0.3) is 0 Å². The summed E-state index contributed by atoms with van der Waals surface area (Å²) in [7, 11) is 2.58. The molecule has 1 N–H and O–H groups in total. The molecule has 1 aromatic carbocycles. The summed E-state index contributed by atoms with van der Waals surface area (Å²) in [6.07, 6.45) is 0.425. The van der Waals surface area contributed by atoms with Crippen LogP contribution < -0.4 is 14.8 Å². The SMILES string of the molecule is COC(=O)C1=C(C)NC2=C(C(=O)[C@@H](C(=O)OC)[C@@H](c3cccs3)C2)[C@@H]1c1ccc2c(c1)OCO2. The van der Waals surface area contributed by atoms with Crippen LogP contribution in [0, 0.1) is 5.92 Å². The molecule has 8 nitrogen and oxygen atoms in total. The largest absolute Gasteiger partial charge is 0.468 e. The molecule has 1 aliphatic carbocycles. The summed E-state index contributed by atoms with van der Waals surface area (Å²) in [5.74, 6) is -2.50. The van der Waals surface area contributed by atoms with Gasteiger partial charge in [0.2, 0.25) is 6.79 Å². The van der Waals surface area contributed by atoms with Gasteiger partial charge < -0.3 is 24.3 Å². The van der Waals surface area contributed by atoms with Gasteiger partial charge in [-0.2, -0.15) is 0 Å². The minimum atomic E-state index is -1.02. The fraction of sp³-hybridized carbons (Fsp3) is 0.320. The summed E-state index contributed by atoms with van der Waals surface area (Å²) in [5, 5.41) is 5.19. The predicted octanol–water partition coefficient (Wildman–Crippen LogP) is 3.41. The second-order valence-electron chi connectivity index (χ2n) is 8.28. The van der Waals surface area contributed by atoms with Crippen LogP contribution in [0.2, 0.25) is 0 Å². The summed E-state index contributed by atoms with van der Waals surface area (Å²) < 4.78 is 21.1. The molecule has 3 heterocycles. The minimum absolute atomic E-state index is 0.101. The monoisotopic (exact) mass is 481 g/mol. The molecule has 0 bridgehead atoms. The third-order valence-electron chi connectivity index (χ3n) is 6.52. The van der Waals surface area contributed by atoms with Crippen molar-refractivity contribution in [3.05, 3.63) is 68.7 Å². The number of Topliss-reactive ketones (excluding diaryl/α,β-unsaturated/α-hetero) is 1. The summed E-state index contributed by atoms with van der Waals surface area (Å²) in [5.41, 5.74) is 2.64. The van der Waals surface area contributed by atoms with E-state index in [1.54, 1.807) is 25.1 Å². The van der Waals surface area contributed by atoms with Crippen LogP contribution in [0.1, 0.15) is 35.6 Å². The fourth-order valence-electron chi connectivity index (χ4n) is 5.01. The Bertz CT molecular complexity index is 1240. The maximum absolute atomic E-state index is 14.0. The van der Waals surface area contributed by atoms with E-state index in [0.29, 0.717) is 46.0 Å². The normalized spacial score (nSPS) is 23.4. The van der Waals surface area contributed by atoms with Crippen LogP contribution in [0.15, 0.2) is 58.3 Å². The Morgan fingerprint density at radius 1 is 1.12 bits per heavy atom. The molecule has 0 saturated heterocycles. The molecule has 9 heteroatoms. The van der Waals surface area contributed by atoms with E-state index in [2.05, 4.69) is 5.32 Å². The number of hydrogen-bond donors (Lipinski definition) is 1. The zero-order valence-electron chi connectivity index (χ0n) is 18.9. The Kier molecular flexibility index (Phi) is 5.65. The molecule has 34 heavy (non-hydrogen) atoms. The molecule has 0 saturated carbocycles. The first-order valence-corrected chi connectivity index (χ1v) is 11.7. The van der Waals surface area contributed by atoms with Crippen molar-refractivity contribution in [2.45, 2.75) is 25.2 Å². The van der Waals surface area contributed by atoms with Gasteiger partial charge in [-0.3, -0.25) is 9.59 Å². The van der Waals surface area contributed by atoms with Crippen molar-refractivity contribution in [2.24, 2.45) is 5.92 Å². The average Bonchev–Trinajstić information content (AvgIpc) is 3.54. The molecule has 3 atom stereocenters. The molecule has 0 spiro atoms. The smallest absolute Gasteiger partial charge is 0.336 e. The first-order valence-electron chi connectivity index (χ1n) is 10.8.